The quantitative estimate of drug-likeness (QED) is 0.450. The van der Waals surface area contributed by atoms with Crippen LogP contribution in [0, 0.1) is 26.7 Å². The van der Waals surface area contributed by atoms with Crippen LogP contribution in [0.15, 0.2) is 4.79 Å². The average molecular weight is 552 g/mol. The lowest BCUT2D eigenvalue weighted by molar-refractivity contribution is -0.128. The van der Waals surface area contributed by atoms with Crippen LogP contribution in [-0.4, -0.2) is 54.3 Å². The molecule has 0 spiro atoms. The summed E-state index contributed by atoms with van der Waals surface area (Å²) in [4.78, 5) is 41.0. The number of carbonyl (C=O) groups is 2. The zero-order valence-corrected chi connectivity index (χ0v) is 25.6. The molecule has 1 fully saturated rings. The third-order valence-corrected chi connectivity index (χ3v) is 9.30. The molecule has 2 amide bonds. The molecule has 2 rings (SSSR count). The van der Waals surface area contributed by atoms with Gasteiger partial charge in [0.15, 0.2) is 0 Å². The summed E-state index contributed by atoms with van der Waals surface area (Å²) in [7, 11) is 11.1. The molecule has 1 aliphatic heterocycles. The van der Waals surface area contributed by atoms with Crippen LogP contribution in [0.25, 0.3) is 0 Å². The lowest BCUT2D eigenvalue weighted by Gasteiger charge is -2.27. The number of rotatable bonds is 10. The summed E-state index contributed by atoms with van der Waals surface area (Å²) >= 11 is 0. The van der Waals surface area contributed by atoms with Gasteiger partial charge in [-0.25, -0.2) is 0 Å². The molecule has 0 saturated carbocycles. The van der Waals surface area contributed by atoms with Crippen molar-refractivity contribution in [1.82, 2.24) is 14.6 Å². The minimum atomic E-state index is -0.764. The Bertz CT molecular complexity index is 940. The molecule has 7 unspecified atom stereocenters. The van der Waals surface area contributed by atoms with E-state index in [1.54, 1.807) is 16.4 Å². The molecule has 7 atom stereocenters. The molecule has 0 bridgehead atoms. The Hall–Kier alpha value is -0.200. The van der Waals surface area contributed by atoms with E-state index in [0.29, 0.717) is 27.1 Å². The Kier molecular flexibility index (Phi) is 11.1. The Balaban J connectivity index is 2.28. The summed E-state index contributed by atoms with van der Waals surface area (Å²) in [6.45, 7) is 8.58. The molecular formula is C20H37N4O4P5. The number of carbonyl (C=O) groups excluding carboxylic acids is 2. The molecule has 1 saturated heterocycles. The highest BCUT2D eigenvalue weighted by Crippen LogP contribution is 2.53. The standard InChI is InChI=1S/C20H37N4O4P5/c1-11-12(2)17(22(5)6)20(27)24(13(11)3)14(4)18(25)21-16(10-28-33(30)31)9-15-7-8-23(32-29)19(15)26/h14-16,32H,7-10,29-31H2,1-6H3,(H,21,25). The number of pyridine rings is 1. The van der Waals surface area contributed by atoms with E-state index in [4.69, 9.17) is 4.52 Å². The molecule has 0 radical (unpaired) electrons. The van der Waals surface area contributed by atoms with Crippen molar-refractivity contribution in [1.29, 1.82) is 0 Å². The second-order valence-electron chi connectivity index (χ2n) is 8.63. The van der Waals surface area contributed by atoms with Crippen molar-refractivity contribution in [3.63, 3.8) is 0 Å². The van der Waals surface area contributed by atoms with E-state index in [9.17, 15) is 14.4 Å². The molecule has 186 valence electrons. The predicted octanol–water partition coefficient (Wildman–Crippen LogP) is 3.50. The molecule has 33 heavy (non-hydrogen) atoms. The van der Waals surface area contributed by atoms with Crippen LogP contribution in [0.5, 0.6) is 0 Å². The van der Waals surface area contributed by atoms with Gasteiger partial charge in [-0.05, 0) is 60.1 Å². The summed E-state index contributed by atoms with van der Waals surface area (Å²) in [6, 6.07) is -1.01. The average Bonchev–Trinajstić information content (AvgIpc) is 3.09. The van der Waals surface area contributed by atoms with Crippen LogP contribution in [-0.2, 0) is 14.1 Å². The van der Waals surface area contributed by atoms with Gasteiger partial charge in [0.1, 0.15) is 11.7 Å². The van der Waals surface area contributed by atoms with Crippen LogP contribution < -0.4 is 15.8 Å². The highest BCUT2D eigenvalue weighted by atomic mass is 32.4. The molecule has 1 aromatic heterocycles. The minimum absolute atomic E-state index is 0.131. The van der Waals surface area contributed by atoms with Gasteiger partial charge >= 0.3 is 0 Å². The smallest absolute Gasteiger partial charge is 0.275 e. The van der Waals surface area contributed by atoms with Crippen molar-refractivity contribution < 1.29 is 14.1 Å². The van der Waals surface area contributed by atoms with Crippen molar-refractivity contribution in [2.24, 2.45) is 5.92 Å². The SMILES string of the molecule is Cc1c(C)c(C)n(C(C)C(=O)NC(COP(P)P)CC2CCN(PP)C2=O)c(=O)c1N(C)C. The van der Waals surface area contributed by atoms with Crippen LogP contribution in [0.3, 0.4) is 0 Å². The van der Waals surface area contributed by atoms with E-state index in [1.807, 2.05) is 39.5 Å². The lowest BCUT2D eigenvalue weighted by Crippen LogP contribution is -2.45. The number of hydrogen-bond acceptors (Lipinski definition) is 5. The Morgan fingerprint density at radius 1 is 1.27 bits per heavy atom. The van der Waals surface area contributed by atoms with Gasteiger partial charge in [-0.15, -0.1) is 0 Å². The lowest BCUT2D eigenvalue weighted by atomic mass is 9.98. The maximum absolute atomic E-state index is 13.3. The summed E-state index contributed by atoms with van der Waals surface area (Å²) in [5.41, 5.74) is 3.09. The molecule has 1 aliphatic rings. The Morgan fingerprint density at radius 2 is 1.91 bits per heavy atom. The maximum atomic E-state index is 13.3. The minimum Gasteiger partial charge on any atom is -0.373 e. The fourth-order valence-corrected chi connectivity index (χ4v) is 6.47. The topological polar surface area (TPSA) is 83.9 Å². The first-order valence-corrected chi connectivity index (χ1v) is 18.1. The van der Waals surface area contributed by atoms with E-state index < -0.39 is 13.6 Å². The fourth-order valence-electron chi connectivity index (χ4n) is 4.26. The van der Waals surface area contributed by atoms with Gasteiger partial charge in [-0.2, -0.15) is 0 Å². The summed E-state index contributed by atoms with van der Waals surface area (Å²) in [6.07, 6.45) is 1.30. The van der Waals surface area contributed by atoms with Gasteiger partial charge in [-0.3, -0.25) is 19.0 Å². The molecule has 8 nitrogen and oxygen atoms in total. The number of hydrogen-bond donors (Lipinski definition) is 1. The van der Waals surface area contributed by atoms with Crippen molar-refractivity contribution in [3.05, 3.63) is 27.2 Å². The number of anilines is 1. The van der Waals surface area contributed by atoms with Crippen molar-refractivity contribution in [3.8, 4) is 0 Å². The van der Waals surface area contributed by atoms with Crippen LogP contribution in [0.2, 0.25) is 0 Å². The van der Waals surface area contributed by atoms with Crippen LogP contribution in [0.4, 0.5) is 5.69 Å². The fraction of sp³-hybridized carbons (Fsp3) is 0.650. The largest absolute Gasteiger partial charge is 0.373 e. The van der Waals surface area contributed by atoms with E-state index in [1.165, 1.54) is 0 Å². The first-order valence-electron chi connectivity index (χ1n) is 10.8. The molecule has 0 aliphatic carbocycles. The van der Waals surface area contributed by atoms with E-state index in [2.05, 4.69) is 32.1 Å². The number of nitrogens with one attached hydrogen (secondary N) is 1. The Morgan fingerprint density at radius 3 is 2.42 bits per heavy atom. The molecule has 2 heterocycles. The van der Waals surface area contributed by atoms with Gasteiger partial charge in [0, 0.05) is 32.3 Å². The van der Waals surface area contributed by atoms with Gasteiger partial charge in [0.2, 0.25) is 11.8 Å². The van der Waals surface area contributed by atoms with Gasteiger partial charge < -0.3 is 19.4 Å². The van der Waals surface area contributed by atoms with E-state index >= 15 is 0 Å². The van der Waals surface area contributed by atoms with E-state index in [0.717, 1.165) is 29.8 Å². The summed E-state index contributed by atoms with van der Waals surface area (Å²) < 4.78 is 9.21. The summed E-state index contributed by atoms with van der Waals surface area (Å²) in [5.74, 6) is -0.255. The second kappa shape index (κ2) is 12.7. The predicted molar refractivity (Wildman–Crippen MR) is 151 cm³/mol. The van der Waals surface area contributed by atoms with Crippen molar-refractivity contribution >= 4 is 60.2 Å². The van der Waals surface area contributed by atoms with E-state index in [-0.39, 0.29) is 29.3 Å². The molecular weight excluding hydrogens is 515 g/mol. The zero-order valence-electron chi connectivity index (χ0n) is 20.2. The third-order valence-electron chi connectivity index (χ3n) is 6.27. The third kappa shape index (κ3) is 6.94. The molecule has 1 N–H and O–H groups in total. The van der Waals surface area contributed by atoms with Gasteiger partial charge in [0.25, 0.3) is 5.56 Å². The second-order valence-corrected chi connectivity index (χ2v) is 16.0. The number of amides is 2. The first kappa shape index (κ1) is 29.0. The zero-order chi connectivity index (χ0) is 25.0. The number of nitrogens with zero attached hydrogens (tertiary/aromatic N) is 3. The first-order chi connectivity index (χ1) is 15.4. The Labute approximate surface area is 206 Å². The highest BCUT2D eigenvalue weighted by molar-refractivity contribution is 8.41. The maximum Gasteiger partial charge on any atom is 0.275 e. The molecule has 0 aromatic carbocycles. The molecule has 1 aromatic rings. The van der Waals surface area contributed by atoms with Crippen molar-refractivity contribution in [2.45, 2.75) is 52.6 Å². The number of aromatic nitrogens is 1. The normalized spacial score (nSPS) is 18.4. The van der Waals surface area contributed by atoms with Crippen LogP contribution >= 0.6 is 42.7 Å². The van der Waals surface area contributed by atoms with Crippen LogP contribution in [0.1, 0.15) is 42.6 Å². The monoisotopic (exact) mass is 552 g/mol. The van der Waals surface area contributed by atoms with Gasteiger partial charge in [-0.1, -0.05) is 26.8 Å². The van der Waals surface area contributed by atoms with Crippen molar-refractivity contribution in [2.75, 3.05) is 32.1 Å². The van der Waals surface area contributed by atoms with Gasteiger partial charge in [0.05, 0.1) is 20.2 Å². The molecule has 13 heteroatoms. The summed E-state index contributed by atoms with van der Waals surface area (Å²) in [5, 5.41) is 3.07. The highest BCUT2D eigenvalue weighted by Gasteiger charge is 2.34.